The predicted octanol–water partition coefficient (Wildman–Crippen LogP) is -1.24. The maximum Gasteiger partial charge on any atom is 0.333 e. The second-order valence-electron chi connectivity index (χ2n) is 5.40. The number of methoxy groups -OCH3 is 1. The molecular formula is C16H20O9. The van der Waals surface area contributed by atoms with E-state index in [1.165, 1.54) is 31.4 Å². The van der Waals surface area contributed by atoms with Crippen molar-refractivity contribution < 1.29 is 44.5 Å². The molecule has 0 spiro atoms. The molecule has 0 amide bonds. The van der Waals surface area contributed by atoms with Crippen molar-refractivity contribution in [2.45, 2.75) is 30.7 Å². The van der Waals surface area contributed by atoms with Crippen LogP contribution >= 0.6 is 0 Å². The zero-order chi connectivity index (χ0) is 18.6. The summed E-state index contributed by atoms with van der Waals surface area (Å²) in [5.74, 6) is -0.704. The SMILES string of the molecule is COc1cc(/C=C/C(=O)O[C@H]2O[C@@H](CO)[C@H](O)[C@@H](O)[C@@H]2O)ccc1O. The number of hydrogen-bond acceptors (Lipinski definition) is 9. The first-order chi connectivity index (χ1) is 11.9. The molecule has 1 saturated heterocycles. The number of aliphatic hydroxyl groups is 4. The van der Waals surface area contributed by atoms with Gasteiger partial charge in [-0.05, 0) is 23.8 Å². The Kier molecular flexibility index (Phi) is 6.34. The van der Waals surface area contributed by atoms with Crippen LogP contribution in [0.15, 0.2) is 24.3 Å². The Hall–Kier alpha value is -2.17. The van der Waals surface area contributed by atoms with Crippen molar-refractivity contribution in [3.8, 4) is 11.5 Å². The molecule has 25 heavy (non-hydrogen) atoms. The number of carbonyl (C=O) groups excluding carboxylic acids is 1. The molecule has 5 N–H and O–H groups in total. The topological polar surface area (TPSA) is 146 Å². The van der Waals surface area contributed by atoms with Crippen LogP contribution in [0.5, 0.6) is 11.5 Å². The van der Waals surface area contributed by atoms with E-state index >= 15 is 0 Å². The fourth-order valence-electron chi connectivity index (χ4n) is 2.28. The van der Waals surface area contributed by atoms with Crippen LogP contribution in [0.2, 0.25) is 0 Å². The van der Waals surface area contributed by atoms with Gasteiger partial charge in [-0.15, -0.1) is 0 Å². The Balaban J connectivity index is 2.01. The third-order valence-electron chi connectivity index (χ3n) is 3.70. The monoisotopic (exact) mass is 356 g/mol. The molecule has 5 atom stereocenters. The summed E-state index contributed by atoms with van der Waals surface area (Å²) in [4.78, 5) is 11.8. The summed E-state index contributed by atoms with van der Waals surface area (Å²) in [5.41, 5.74) is 0.542. The van der Waals surface area contributed by atoms with Gasteiger partial charge in [-0.25, -0.2) is 4.79 Å². The summed E-state index contributed by atoms with van der Waals surface area (Å²) in [6.07, 6.45) is -5.10. The molecule has 0 saturated carbocycles. The number of phenols is 1. The Morgan fingerprint density at radius 2 is 1.96 bits per heavy atom. The van der Waals surface area contributed by atoms with Crippen LogP contribution in [0.25, 0.3) is 6.08 Å². The first-order valence-corrected chi connectivity index (χ1v) is 7.43. The lowest BCUT2D eigenvalue weighted by atomic mass is 9.99. The zero-order valence-electron chi connectivity index (χ0n) is 13.3. The average Bonchev–Trinajstić information content (AvgIpc) is 2.61. The van der Waals surface area contributed by atoms with Crippen LogP contribution in [-0.2, 0) is 14.3 Å². The molecule has 1 aromatic rings. The largest absolute Gasteiger partial charge is 0.504 e. The van der Waals surface area contributed by atoms with Crippen molar-refractivity contribution in [3.63, 3.8) is 0 Å². The van der Waals surface area contributed by atoms with Crippen molar-refractivity contribution in [3.05, 3.63) is 29.8 Å². The highest BCUT2D eigenvalue weighted by molar-refractivity contribution is 5.87. The zero-order valence-corrected chi connectivity index (χ0v) is 13.3. The summed E-state index contributed by atoms with van der Waals surface area (Å²) in [5, 5.41) is 47.7. The van der Waals surface area contributed by atoms with Gasteiger partial charge in [0, 0.05) is 6.08 Å². The van der Waals surface area contributed by atoms with Gasteiger partial charge in [0.05, 0.1) is 13.7 Å². The number of phenolic OH excluding ortho intramolecular Hbond substituents is 1. The summed E-state index contributed by atoms with van der Waals surface area (Å²) in [7, 11) is 1.38. The van der Waals surface area contributed by atoms with Crippen LogP contribution in [0.3, 0.4) is 0 Å². The van der Waals surface area contributed by atoms with E-state index in [2.05, 4.69) is 0 Å². The number of aromatic hydroxyl groups is 1. The van der Waals surface area contributed by atoms with E-state index in [0.717, 1.165) is 6.08 Å². The van der Waals surface area contributed by atoms with Crippen molar-refractivity contribution >= 4 is 12.0 Å². The van der Waals surface area contributed by atoms with Gasteiger partial charge >= 0.3 is 5.97 Å². The van der Waals surface area contributed by atoms with E-state index in [0.29, 0.717) is 5.56 Å². The van der Waals surface area contributed by atoms with Crippen molar-refractivity contribution in [2.75, 3.05) is 13.7 Å². The van der Waals surface area contributed by atoms with Gasteiger partial charge in [-0.3, -0.25) is 0 Å². The van der Waals surface area contributed by atoms with E-state index in [4.69, 9.17) is 19.3 Å². The third-order valence-corrected chi connectivity index (χ3v) is 3.70. The minimum Gasteiger partial charge on any atom is -0.504 e. The van der Waals surface area contributed by atoms with Crippen molar-refractivity contribution in [1.29, 1.82) is 0 Å². The molecule has 1 aromatic carbocycles. The molecule has 0 radical (unpaired) electrons. The normalized spacial score (nSPS) is 29.6. The van der Waals surface area contributed by atoms with Gasteiger partial charge in [0.1, 0.15) is 24.4 Å². The van der Waals surface area contributed by atoms with Crippen LogP contribution in [0, 0.1) is 0 Å². The third kappa shape index (κ3) is 4.47. The van der Waals surface area contributed by atoms with E-state index < -0.39 is 43.3 Å². The number of ether oxygens (including phenoxy) is 3. The van der Waals surface area contributed by atoms with Gasteiger partial charge in [-0.2, -0.15) is 0 Å². The highest BCUT2D eigenvalue weighted by Gasteiger charge is 2.45. The van der Waals surface area contributed by atoms with E-state index in [1.54, 1.807) is 0 Å². The number of benzene rings is 1. The Bertz CT molecular complexity index is 628. The maximum atomic E-state index is 11.8. The summed E-state index contributed by atoms with van der Waals surface area (Å²) in [6.45, 7) is -0.623. The van der Waals surface area contributed by atoms with E-state index in [1.807, 2.05) is 0 Å². The van der Waals surface area contributed by atoms with Crippen LogP contribution in [0.1, 0.15) is 5.56 Å². The molecule has 1 aliphatic heterocycles. The number of hydrogen-bond donors (Lipinski definition) is 5. The molecule has 2 rings (SSSR count). The van der Waals surface area contributed by atoms with Crippen LogP contribution < -0.4 is 4.74 Å². The first kappa shape index (κ1) is 19.2. The molecule has 0 aromatic heterocycles. The molecule has 138 valence electrons. The summed E-state index contributed by atoms with van der Waals surface area (Å²) >= 11 is 0. The van der Waals surface area contributed by atoms with Gasteiger partial charge in [0.2, 0.25) is 6.29 Å². The fourth-order valence-corrected chi connectivity index (χ4v) is 2.28. The van der Waals surface area contributed by atoms with Crippen LogP contribution in [0.4, 0.5) is 0 Å². The fraction of sp³-hybridized carbons (Fsp3) is 0.438. The maximum absolute atomic E-state index is 11.8. The lowest BCUT2D eigenvalue weighted by Gasteiger charge is -2.38. The Morgan fingerprint density at radius 3 is 2.60 bits per heavy atom. The second-order valence-corrected chi connectivity index (χ2v) is 5.40. The highest BCUT2D eigenvalue weighted by Crippen LogP contribution is 2.27. The molecule has 0 aliphatic carbocycles. The number of esters is 1. The highest BCUT2D eigenvalue weighted by atomic mass is 16.7. The molecule has 1 heterocycles. The van der Waals surface area contributed by atoms with Gasteiger partial charge in [0.15, 0.2) is 11.5 Å². The summed E-state index contributed by atoms with van der Waals surface area (Å²) < 4.78 is 14.9. The minimum absolute atomic E-state index is 0.0523. The van der Waals surface area contributed by atoms with E-state index in [9.17, 15) is 25.2 Å². The lowest BCUT2D eigenvalue weighted by molar-refractivity contribution is -0.291. The molecule has 1 fully saturated rings. The Morgan fingerprint density at radius 1 is 1.24 bits per heavy atom. The Labute approximate surface area is 143 Å². The molecular weight excluding hydrogens is 336 g/mol. The van der Waals surface area contributed by atoms with E-state index in [-0.39, 0.29) is 11.5 Å². The van der Waals surface area contributed by atoms with Crippen LogP contribution in [-0.4, -0.2) is 75.9 Å². The molecule has 1 aliphatic rings. The van der Waals surface area contributed by atoms with Gasteiger partial charge < -0.3 is 39.7 Å². The van der Waals surface area contributed by atoms with Crippen molar-refractivity contribution in [2.24, 2.45) is 0 Å². The molecule has 9 nitrogen and oxygen atoms in total. The smallest absolute Gasteiger partial charge is 0.333 e. The molecule has 9 heteroatoms. The van der Waals surface area contributed by atoms with Gasteiger partial charge in [-0.1, -0.05) is 6.07 Å². The summed E-state index contributed by atoms with van der Waals surface area (Å²) in [6, 6.07) is 4.42. The molecule has 0 unspecified atom stereocenters. The number of aliphatic hydroxyl groups excluding tert-OH is 4. The molecule has 0 bridgehead atoms. The minimum atomic E-state index is -1.66. The van der Waals surface area contributed by atoms with Crippen molar-refractivity contribution in [1.82, 2.24) is 0 Å². The predicted molar refractivity (Wildman–Crippen MR) is 83.6 cm³/mol. The second kappa shape index (κ2) is 8.28. The number of carbonyl (C=O) groups is 1. The standard InChI is InChI=1S/C16H20O9/c1-23-10-6-8(2-4-9(10)18)3-5-12(19)25-16-15(22)14(21)13(20)11(7-17)24-16/h2-6,11,13-18,20-22H,7H2,1H3/b5-3+/t11-,13-,14+,15-,16+/m0/s1. The average molecular weight is 356 g/mol. The first-order valence-electron chi connectivity index (χ1n) is 7.43. The lowest BCUT2D eigenvalue weighted by Crippen LogP contribution is -2.59. The number of rotatable bonds is 5. The quantitative estimate of drug-likeness (QED) is 0.323. The van der Waals surface area contributed by atoms with Gasteiger partial charge in [0.25, 0.3) is 0 Å².